The molecule has 24 heavy (non-hydrogen) atoms. The molecule has 0 atom stereocenters. The van der Waals surface area contributed by atoms with Crippen LogP contribution >= 0.6 is 0 Å². The number of nitrogens with zero attached hydrogens (tertiary/aromatic N) is 2. The number of fused-ring (bicyclic) bond motifs is 1. The van der Waals surface area contributed by atoms with Crippen LogP contribution in [0.3, 0.4) is 0 Å². The lowest BCUT2D eigenvalue weighted by atomic mass is 9.87. The summed E-state index contributed by atoms with van der Waals surface area (Å²) in [5.74, 6) is 1.08. The van der Waals surface area contributed by atoms with Gasteiger partial charge in [-0.2, -0.15) is 0 Å². The number of rotatable bonds is 4. The van der Waals surface area contributed by atoms with Crippen LogP contribution in [0.4, 0.5) is 4.39 Å². The molecule has 2 aromatic rings. The van der Waals surface area contributed by atoms with Gasteiger partial charge < -0.3 is 9.57 Å². The fourth-order valence-electron chi connectivity index (χ4n) is 3.57. The van der Waals surface area contributed by atoms with Crippen molar-refractivity contribution in [1.82, 2.24) is 10.0 Å². The smallest absolute Gasteiger partial charge is 0.149 e. The van der Waals surface area contributed by atoms with Gasteiger partial charge in [-0.1, -0.05) is 6.07 Å². The van der Waals surface area contributed by atoms with Crippen molar-refractivity contribution in [2.24, 2.45) is 5.92 Å². The first-order valence-electron chi connectivity index (χ1n) is 8.56. The molecule has 5 heteroatoms. The molecule has 0 N–H and O–H groups in total. The fourth-order valence-corrected chi connectivity index (χ4v) is 3.57. The molecule has 1 aliphatic heterocycles. The summed E-state index contributed by atoms with van der Waals surface area (Å²) in [6.45, 7) is 1.86. The number of aromatic nitrogens is 1. The summed E-state index contributed by atoms with van der Waals surface area (Å²) in [5.41, 5.74) is 0.377. The Bertz CT molecular complexity index is 733. The van der Waals surface area contributed by atoms with E-state index in [2.05, 4.69) is 4.98 Å². The van der Waals surface area contributed by atoms with Gasteiger partial charge in [0.1, 0.15) is 23.3 Å². The maximum absolute atomic E-state index is 13.9. The summed E-state index contributed by atoms with van der Waals surface area (Å²) in [4.78, 5) is 9.54. The van der Waals surface area contributed by atoms with Gasteiger partial charge in [0.15, 0.2) is 0 Å². The number of hydroxylamine groups is 2. The molecule has 1 saturated carbocycles. The normalized spacial score (nSPS) is 24.2. The Hall–Kier alpha value is -2.14. The maximum Gasteiger partial charge on any atom is 0.149 e. The summed E-state index contributed by atoms with van der Waals surface area (Å²) >= 11 is 0. The molecule has 0 amide bonds. The Morgan fingerprint density at radius 2 is 2.08 bits per heavy atom. The highest BCUT2D eigenvalue weighted by molar-refractivity contribution is 5.85. The van der Waals surface area contributed by atoms with Crippen molar-refractivity contribution < 1.29 is 14.0 Å². The van der Waals surface area contributed by atoms with Crippen LogP contribution in [0.5, 0.6) is 5.75 Å². The molecule has 1 aromatic heterocycles. The van der Waals surface area contributed by atoms with Gasteiger partial charge in [0.25, 0.3) is 0 Å². The Morgan fingerprint density at radius 3 is 2.88 bits per heavy atom. The van der Waals surface area contributed by atoms with Crippen molar-refractivity contribution >= 4 is 10.9 Å². The first-order chi connectivity index (χ1) is 11.8. The van der Waals surface area contributed by atoms with E-state index in [9.17, 15) is 4.39 Å². The maximum atomic E-state index is 13.9. The Balaban J connectivity index is 1.38. The molecule has 0 saturated heterocycles. The first kappa shape index (κ1) is 15.4. The molecule has 4 nitrogen and oxygen atoms in total. The molecule has 126 valence electrons. The molecule has 0 unspecified atom stereocenters. The van der Waals surface area contributed by atoms with Gasteiger partial charge in [0.05, 0.1) is 12.6 Å². The molecule has 2 heterocycles. The third kappa shape index (κ3) is 3.22. The second kappa shape index (κ2) is 6.77. The van der Waals surface area contributed by atoms with Crippen LogP contribution in [-0.4, -0.2) is 29.2 Å². The molecule has 1 aromatic carbocycles. The summed E-state index contributed by atoms with van der Waals surface area (Å²) in [6.07, 6.45) is 9.88. The van der Waals surface area contributed by atoms with Crippen LogP contribution < -0.4 is 4.74 Å². The number of pyridine rings is 1. The third-order valence-corrected chi connectivity index (χ3v) is 4.85. The minimum absolute atomic E-state index is 0.188. The predicted molar refractivity (Wildman–Crippen MR) is 89.9 cm³/mol. The van der Waals surface area contributed by atoms with Crippen molar-refractivity contribution in [3.05, 3.63) is 48.6 Å². The topological polar surface area (TPSA) is 34.6 Å². The zero-order valence-corrected chi connectivity index (χ0v) is 13.5. The van der Waals surface area contributed by atoms with Gasteiger partial charge in [0, 0.05) is 18.1 Å². The van der Waals surface area contributed by atoms with Crippen LogP contribution in [0, 0.1) is 11.7 Å². The van der Waals surface area contributed by atoms with Gasteiger partial charge in [-0.15, -0.1) is 5.06 Å². The minimum atomic E-state index is -0.305. The van der Waals surface area contributed by atoms with Crippen molar-refractivity contribution in [2.45, 2.75) is 31.8 Å². The number of hydrogen-bond acceptors (Lipinski definition) is 4. The number of benzene rings is 1. The van der Waals surface area contributed by atoms with Crippen LogP contribution in [0.25, 0.3) is 10.9 Å². The molecular formula is C19H21FN2O2. The molecule has 0 spiro atoms. The van der Waals surface area contributed by atoms with E-state index in [0.717, 1.165) is 49.9 Å². The van der Waals surface area contributed by atoms with Gasteiger partial charge in [0.2, 0.25) is 0 Å². The van der Waals surface area contributed by atoms with Gasteiger partial charge in [-0.25, -0.2) is 4.39 Å². The molecule has 2 aliphatic rings. The van der Waals surface area contributed by atoms with E-state index < -0.39 is 0 Å². The summed E-state index contributed by atoms with van der Waals surface area (Å²) in [5, 5.41) is 2.75. The third-order valence-electron chi connectivity index (χ3n) is 4.85. The quantitative estimate of drug-likeness (QED) is 0.847. The second-order valence-electron chi connectivity index (χ2n) is 6.53. The zero-order chi connectivity index (χ0) is 16.4. The summed E-state index contributed by atoms with van der Waals surface area (Å²) in [6, 6.07) is 6.83. The Morgan fingerprint density at radius 1 is 1.21 bits per heavy atom. The van der Waals surface area contributed by atoms with E-state index in [0.29, 0.717) is 11.4 Å². The number of ether oxygens (including phenoxy) is 1. The average molecular weight is 328 g/mol. The van der Waals surface area contributed by atoms with E-state index in [4.69, 9.17) is 9.57 Å². The lowest BCUT2D eigenvalue weighted by Gasteiger charge is -2.31. The predicted octanol–water partition coefficient (Wildman–Crippen LogP) is 4.07. The van der Waals surface area contributed by atoms with E-state index in [1.54, 1.807) is 18.5 Å². The van der Waals surface area contributed by atoms with E-state index >= 15 is 0 Å². The minimum Gasteiger partial charge on any atom is -0.490 e. The highest BCUT2D eigenvalue weighted by Gasteiger charge is 2.25. The molecule has 4 rings (SSSR count). The van der Waals surface area contributed by atoms with Crippen LogP contribution in [-0.2, 0) is 4.84 Å². The molecule has 0 radical (unpaired) electrons. The highest BCUT2D eigenvalue weighted by Crippen LogP contribution is 2.32. The van der Waals surface area contributed by atoms with Crippen LogP contribution in [0.2, 0.25) is 0 Å². The summed E-state index contributed by atoms with van der Waals surface area (Å²) in [7, 11) is 0. The van der Waals surface area contributed by atoms with Crippen LogP contribution in [0.15, 0.2) is 42.8 Å². The SMILES string of the molecule is Fc1cccc2c(OC3CCC(CN4CC=CO4)CC3)ccnc12. The monoisotopic (exact) mass is 328 g/mol. The van der Waals surface area contributed by atoms with Gasteiger partial charge in [-0.3, -0.25) is 4.98 Å². The first-order valence-corrected chi connectivity index (χ1v) is 8.56. The van der Waals surface area contributed by atoms with Crippen molar-refractivity contribution in [3.8, 4) is 5.75 Å². The van der Waals surface area contributed by atoms with Crippen molar-refractivity contribution in [1.29, 1.82) is 0 Å². The standard InChI is InChI=1S/C19H21FN2O2/c20-17-4-1-3-16-18(9-10-21-19(16)17)24-15-7-5-14(6-8-15)13-22-11-2-12-23-22/h1-4,9-10,12,14-15H,5-8,11,13H2. The van der Waals surface area contributed by atoms with Crippen molar-refractivity contribution in [2.75, 3.05) is 13.1 Å². The number of halogens is 1. The largest absolute Gasteiger partial charge is 0.490 e. The molecule has 0 bridgehead atoms. The second-order valence-corrected chi connectivity index (χ2v) is 6.53. The van der Waals surface area contributed by atoms with Crippen LogP contribution in [0.1, 0.15) is 25.7 Å². The van der Waals surface area contributed by atoms with Gasteiger partial charge in [-0.05, 0) is 55.9 Å². The highest BCUT2D eigenvalue weighted by atomic mass is 19.1. The van der Waals surface area contributed by atoms with Gasteiger partial charge >= 0.3 is 0 Å². The number of para-hydroxylation sites is 1. The molecule has 1 aliphatic carbocycles. The molecular weight excluding hydrogens is 307 g/mol. The number of hydrogen-bond donors (Lipinski definition) is 0. The zero-order valence-electron chi connectivity index (χ0n) is 13.5. The van der Waals surface area contributed by atoms with Crippen molar-refractivity contribution in [3.63, 3.8) is 0 Å². The average Bonchev–Trinajstić information content (AvgIpc) is 3.11. The Labute approximate surface area is 140 Å². The fraction of sp³-hybridized carbons (Fsp3) is 0.421. The van der Waals surface area contributed by atoms with E-state index in [1.165, 1.54) is 6.07 Å². The summed E-state index contributed by atoms with van der Waals surface area (Å²) < 4.78 is 20.0. The van der Waals surface area contributed by atoms with E-state index in [1.807, 2.05) is 23.3 Å². The molecule has 1 fully saturated rings. The Kier molecular flexibility index (Phi) is 4.34. The lowest BCUT2D eigenvalue weighted by Crippen LogP contribution is -2.31. The lowest BCUT2D eigenvalue weighted by molar-refractivity contribution is -0.0905. The van der Waals surface area contributed by atoms with E-state index in [-0.39, 0.29) is 11.9 Å².